The van der Waals surface area contributed by atoms with Gasteiger partial charge in [-0.05, 0) is 122 Å². The number of unbranched alkanes of at least 4 members (excludes halogenated alkanes) is 27. The van der Waals surface area contributed by atoms with Crippen LogP contribution in [-0.4, -0.2) is 37.2 Å². The van der Waals surface area contributed by atoms with Gasteiger partial charge in [0.05, 0.1) is 0 Å². The van der Waals surface area contributed by atoms with E-state index in [-0.39, 0.29) is 31.1 Å². The molecule has 6 heteroatoms. The van der Waals surface area contributed by atoms with Crippen molar-refractivity contribution in [1.82, 2.24) is 0 Å². The van der Waals surface area contributed by atoms with Crippen LogP contribution in [0, 0.1) is 0 Å². The molecular weight excluding hydrogens is 925 g/mol. The van der Waals surface area contributed by atoms with E-state index in [1.807, 2.05) is 0 Å². The van der Waals surface area contributed by atoms with Crippen LogP contribution in [0.1, 0.15) is 290 Å². The molecule has 0 aromatic carbocycles. The second-order valence-corrected chi connectivity index (χ2v) is 20.5. The first kappa shape index (κ1) is 71.1. The first-order valence-corrected chi connectivity index (χ1v) is 31.4. The summed E-state index contributed by atoms with van der Waals surface area (Å²) < 4.78 is 16.9. The van der Waals surface area contributed by atoms with Gasteiger partial charge in [-0.25, -0.2) is 0 Å². The van der Waals surface area contributed by atoms with Crippen LogP contribution in [0.3, 0.4) is 0 Å². The number of rotatable bonds is 56. The molecular formula is C69H116O6. The molecule has 0 saturated heterocycles. The topological polar surface area (TPSA) is 78.9 Å². The lowest BCUT2D eigenvalue weighted by molar-refractivity contribution is -0.167. The molecule has 1 atom stereocenters. The van der Waals surface area contributed by atoms with E-state index in [4.69, 9.17) is 14.2 Å². The van der Waals surface area contributed by atoms with Crippen molar-refractivity contribution >= 4 is 17.9 Å². The van der Waals surface area contributed by atoms with Crippen molar-refractivity contribution in [1.29, 1.82) is 0 Å². The van der Waals surface area contributed by atoms with Gasteiger partial charge < -0.3 is 14.2 Å². The van der Waals surface area contributed by atoms with E-state index in [2.05, 4.69) is 130 Å². The maximum atomic E-state index is 12.9. The van der Waals surface area contributed by atoms with Crippen LogP contribution in [-0.2, 0) is 28.6 Å². The molecule has 6 nitrogen and oxygen atoms in total. The quantitative estimate of drug-likeness (QED) is 0.0261. The molecule has 0 aromatic rings. The summed E-state index contributed by atoms with van der Waals surface area (Å²) in [5.74, 6) is -0.906. The van der Waals surface area contributed by atoms with Crippen molar-refractivity contribution in [3.8, 4) is 0 Å². The molecule has 0 aliphatic rings. The van der Waals surface area contributed by atoms with Crippen molar-refractivity contribution < 1.29 is 28.6 Å². The number of hydrogen-bond donors (Lipinski definition) is 0. The Morgan fingerprint density at radius 1 is 0.280 bits per heavy atom. The fourth-order valence-corrected chi connectivity index (χ4v) is 8.60. The van der Waals surface area contributed by atoms with Gasteiger partial charge in [0.25, 0.3) is 0 Å². The van der Waals surface area contributed by atoms with Gasteiger partial charge in [-0.3, -0.25) is 14.4 Å². The minimum absolute atomic E-state index is 0.0877. The molecule has 0 saturated carbocycles. The molecule has 0 aromatic heterocycles. The second-order valence-electron chi connectivity index (χ2n) is 20.5. The highest BCUT2D eigenvalue weighted by Gasteiger charge is 2.19. The molecule has 0 rings (SSSR count). The summed E-state index contributed by atoms with van der Waals surface area (Å²) >= 11 is 0. The Kier molecular flexibility index (Phi) is 59.3. The van der Waals surface area contributed by atoms with Crippen LogP contribution < -0.4 is 0 Å². The van der Waals surface area contributed by atoms with Crippen molar-refractivity contribution in [2.24, 2.45) is 0 Å². The Morgan fingerprint density at radius 3 is 0.827 bits per heavy atom. The summed E-state index contributed by atoms with van der Waals surface area (Å²) in [5.41, 5.74) is 0. The number of carbonyl (C=O) groups is 3. The van der Waals surface area contributed by atoms with Crippen molar-refractivity contribution in [3.63, 3.8) is 0 Å². The third kappa shape index (κ3) is 60.8. The van der Waals surface area contributed by atoms with Gasteiger partial charge in [-0.1, -0.05) is 259 Å². The summed E-state index contributed by atoms with van der Waals surface area (Å²) in [6, 6.07) is 0. The van der Waals surface area contributed by atoms with Crippen molar-refractivity contribution in [3.05, 3.63) is 109 Å². The normalized spacial score (nSPS) is 12.8. The Labute approximate surface area is 463 Å². The summed E-state index contributed by atoms with van der Waals surface area (Å²) in [4.78, 5) is 38.3. The SMILES string of the molecule is CC/C=C\C/C=C\C/C=C\C/C=C\CCCCCCCCCCCCCCC(=O)OCC(COC(=O)CCCCCCC/C=C\CCCCCC)OC(=O)CCCCCCCC/C=C\C/C=C\C/C=C\C/C=C\CC. The molecule has 0 fully saturated rings. The molecule has 0 aliphatic carbocycles. The van der Waals surface area contributed by atoms with Crippen LogP contribution >= 0.6 is 0 Å². The summed E-state index contributed by atoms with van der Waals surface area (Å²) in [6.45, 7) is 6.40. The van der Waals surface area contributed by atoms with Crippen molar-refractivity contribution in [2.75, 3.05) is 13.2 Å². The van der Waals surface area contributed by atoms with E-state index in [0.717, 1.165) is 128 Å². The molecule has 75 heavy (non-hydrogen) atoms. The maximum Gasteiger partial charge on any atom is 0.306 e. The Balaban J connectivity index is 4.35. The van der Waals surface area contributed by atoms with Crippen LogP contribution in [0.25, 0.3) is 0 Å². The lowest BCUT2D eigenvalue weighted by Gasteiger charge is -2.18. The Morgan fingerprint density at radius 2 is 0.520 bits per heavy atom. The van der Waals surface area contributed by atoms with Gasteiger partial charge in [0.15, 0.2) is 6.10 Å². The lowest BCUT2D eigenvalue weighted by Crippen LogP contribution is -2.30. The first-order chi connectivity index (χ1) is 37.0. The maximum absolute atomic E-state index is 12.9. The van der Waals surface area contributed by atoms with E-state index < -0.39 is 6.10 Å². The minimum Gasteiger partial charge on any atom is -0.462 e. The summed E-state index contributed by atoms with van der Waals surface area (Å²) in [6.07, 6.45) is 85.2. The fourth-order valence-electron chi connectivity index (χ4n) is 8.60. The van der Waals surface area contributed by atoms with E-state index in [1.165, 1.54) is 122 Å². The van der Waals surface area contributed by atoms with Gasteiger partial charge >= 0.3 is 17.9 Å². The van der Waals surface area contributed by atoms with E-state index in [0.29, 0.717) is 19.3 Å². The summed E-state index contributed by atoms with van der Waals surface area (Å²) in [5, 5.41) is 0. The van der Waals surface area contributed by atoms with E-state index in [1.54, 1.807) is 0 Å². The second kappa shape index (κ2) is 62.6. The van der Waals surface area contributed by atoms with Crippen LogP contribution in [0.5, 0.6) is 0 Å². The van der Waals surface area contributed by atoms with Crippen LogP contribution in [0.15, 0.2) is 109 Å². The standard InChI is InChI=1S/C69H116O6/c1-4-7-10-13-16-19-22-25-27-29-31-32-33-34-35-36-38-39-41-44-47-50-53-56-59-62-68(71)74-65-66(64-73-67(70)61-58-55-52-49-46-43-24-21-18-15-12-9-6-3)75-69(72)63-60-57-54-51-48-45-42-40-37-30-28-26-23-20-17-14-11-8-5-2/h7-8,10-11,16-17,19-21,24-28,31-32,37,40,66H,4-6,9,12-15,18,22-23,29-30,33-36,38-39,41-65H2,1-3H3/b10-7-,11-8-,19-16-,20-17-,24-21-,27-25-,28-26-,32-31-,40-37-. The average Bonchev–Trinajstić information content (AvgIpc) is 3.41. The molecule has 0 radical (unpaired) electrons. The van der Waals surface area contributed by atoms with Gasteiger partial charge in [0.2, 0.25) is 0 Å². The Hall–Kier alpha value is -3.93. The molecule has 0 spiro atoms. The monoisotopic (exact) mass is 1040 g/mol. The van der Waals surface area contributed by atoms with Gasteiger partial charge in [-0.15, -0.1) is 0 Å². The third-order valence-electron chi connectivity index (χ3n) is 13.2. The van der Waals surface area contributed by atoms with Crippen LogP contribution in [0.2, 0.25) is 0 Å². The Bertz CT molecular complexity index is 1520. The predicted molar refractivity (Wildman–Crippen MR) is 325 cm³/mol. The number of ether oxygens (including phenoxy) is 3. The van der Waals surface area contributed by atoms with Gasteiger partial charge in [-0.2, -0.15) is 0 Å². The zero-order valence-electron chi connectivity index (χ0n) is 49.0. The van der Waals surface area contributed by atoms with Gasteiger partial charge in [0, 0.05) is 19.3 Å². The van der Waals surface area contributed by atoms with Crippen LogP contribution in [0.4, 0.5) is 0 Å². The van der Waals surface area contributed by atoms with Gasteiger partial charge in [0.1, 0.15) is 13.2 Å². The predicted octanol–water partition coefficient (Wildman–Crippen LogP) is 21.4. The third-order valence-corrected chi connectivity index (χ3v) is 13.2. The highest BCUT2D eigenvalue weighted by molar-refractivity contribution is 5.71. The fraction of sp³-hybridized carbons (Fsp3) is 0.696. The number of allylic oxidation sites excluding steroid dienone is 18. The zero-order chi connectivity index (χ0) is 54.3. The molecule has 0 amide bonds. The summed E-state index contributed by atoms with van der Waals surface area (Å²) in [7, 11) is 0. The molecule has 0 heterocycles. The number of hydrogen-bond acceptors (Lipinski definition) is 6. The van der Waals surface area contributed by atoms with E-state index >= 15 is 0 Å². The highest BCUT2D eigenvalue weighted by Crippen LogP contribution is 2.16. The molecule has 0 N–H and O–H groups in total. The van der Waals surface area contributed by atoms with Crippen molar-refractivity contribution in [2.45, 2.75) is 297 Å². The molecule has 1 unspecified atom stereocenters. The van der Waals surface area contributed by atoms with E-state index in [9.17, 15) is 14.4 Å². The molecule has 428 valence electrons. The zero-order valence-corrected chi connectivity index (χ0v) is 49.0. The number of carbonyl (C=O) groups excluding carboxylic acids is 3. The number of esters is 3. The lowest BCUT2D eigenvalue weighted by atomic mass is 10.0. The largest absolute Gasteiger partial charge is 0.462 e. The molecule has 0 aliphatic heterocycles. The minimum atomic E-state index is -0.792. The highest BCUT2D eigenvalue weighted by atomic mass is 16.6. The average molecular weight is 1040 g/mol. The molecule has 0 bridgehead atoms. The first-order valence-electron chi connectivity index (χ1n) is 31.4. The smallest absolute Gasteiger partial charge is 0.306 e.